The first-order valence-electron chi connectivity index (χ1n) is 8.81. The molecular formula is C22H20N2O4. The van der Waals surface area contributed by atoms with Gasteiger partial charge in [0.1, 0.15) is 17.2 Å². The van der Waals surface area contributed by atoms with Gasteiger partial charge >= 0.3 is 0 Å². The van der Waals surface area contributed by atoms with Crippen LogP contribution in [0.2, 0.25) is 0 Å². The Kier molecular flexibility index (Phi) is 6.25. The van der Waals surface area contributed by atoms with E-state index in [0.29, 0.717) is 17.1 Å². The van der Waals surface area contributed by atoms with Crippen LogP contribution in [0.1, 0.15) is 20.7 Å². The minimum absolute atomic E-state index is 0.0870. The molecule has 3 aromatic rings. The van der Waals surface area contributed by atoms with Gasteiger partial charge in [-0.15, -0.1) is 0 Å². The van der Waals surface area contributed by atoms with E-state index in [1.807, 2.05) is 30.3 Å². The normalized spacial score (nSPS) is 10.1. The maximum atomic E-state index is 12.5. The molecule has 6 nitrogen and oxygen atoms in total. The fourth-order valence-electron chi connectivity index (χ4n) is 2.57. The zero-order chi connectivity index (χ0) is 19.8. The Bertz CT molecular complexity index is 958. The Morgan fingerprint density at radius 2 is 1.25 bits per heavy atom. The van der Waals surface area contributed by atoms with Crippen molar-refractivity contribution in [2.45, 2.75) is 0 Å². The van der Waals surface area contributed by atoms with Crippen LogP contribution in [-0.4, -0.2) is 30.0 Å². The molecule has 0 saturated carbocycles. The van der Waals surface area contributed by atoms with Crippen LogP contribution < -0.4 is 15.4 Å². The second-order valence-electron chi connectivity index (χ2n) is 5.94. The molecule has 0 radical (unpaired) electrons. The Hall–Kier alpha value is -3.80. The monoisotopic (exact) mass is 376 g/mol. The van der Waals surface area contributed by atoms with E-state index in [1.165, 1.54) is 12.1 Å². The zero-order valence-electron chi connectivity index (χ0n) is 15.1. The molecular weight excluding hydrogens is 356 g/mol. The topological polar surface area (TPSA) is 87.7 Å². The molecule has 142 valence electrons. The van der Waals surface area contributed by atoms with Crippen molar-refractivity contribution in [3.05, 3.63) is 90.0 Å². The lowest BCUT2D eigenvalue weighted by molar-refractivity contribution is 0.0925. The zero-order valence-corrected chi connectivity index (χ0v) is 15.1. The highest BCUT2D eigenvalue weighted by molar-refractivity contribution is 5.97. The van der Waals surface area contributed by atoms with E-state index < -0.39 is 5.91 Å². The Balaban J connectivity index is 1.54. The summed E-state index contributed by atoms with van der Waals surface area (Å²) in [5, 5.41) is 15.1. The van der Waals surface area contributed by atoms with Gasteiger partial charge < -0.3 is 20.5 Å². The largest absolute Gasteiger partial charge is 0.507 e. The summed E-state index contributed by atoms with van der Waals surface area (Å²) in [5.74, 6) is 0.293. The average Bonchev–Trinajstić information content (AvgIpc) is 2.72. The Morgan fingerprint density at radius 3 is 1.93 bits per heavy atom. The highest BCUT2D eigenvalue weighted by atomic mass is 16.5. The number of para-hydroxylation sites is 3. The first kappa shape index (κ1) is 19.0. The Morgan fingerprint density at radius 1 is 0.714 bits per heavy atom. The van der Waals surface area contributed by atoms with Crippen molar-refractivity contribution in [3.8, 4) is 17.2 Å². The van der Waals surface area contributed by atoms with Crippen LogP contribution in [0.3, 0.4) is 0 Å². The summed E-state index contributed by atoms with van der Waals surface area (Å²) >= 11 is 0. The third-order valence-corrected chi connectivity index (χ3v) is 3.95. The summed E-state index contributed by atoms with van der Waals surface area (Å²) < 4.78 is 5.79. The molecule has 28 heavy (non-hydrogen) atoms. The summed E-state index contributed by atoms with van der Waals surface area (Å²) in [6.45, 7) is 0.457. The fourth-order valence-corrected chi connectivity index (χ4v) is 2.57. The van der Waals surface area contributed by atoms with Gasteiger partial charge in [0.2, 0.25) is 0 Å². The van der Waals surface area contributed by atoms with Gasteiger partial charge in [-0.2, -0.15) is 0 Å². The van der Waals surface area contributed by atoms with E-state index >= 15 is 0 Å². The molecule has 0 aliphatic carbocycles. The quantitative estimate of drug-likeness (QED) is 0.552. The predicted molar refractivity (Wildman–Crippen MR) is 106 cm³/mol. The van der Waals surface area contributed by atoms with Crippen LogP contribution >= 0.6 is 0 Å². The van der Waals surface area contributed by atoms with Gasteiger partial charge in [0.05, 0.1) is 11.1 Å². The number of aromatic hydroxyl groups is 1. The van der Waals surface area contributed by atoms with Crippen molar-refractivity contribution in [1.29, 1.82) is 0 Å². The molecule has 3 aromatic carbocycles. The van der Waals surface area contributed by atoms with Gasteiger partial charge in [-0.05, 0) is 36.4 Å². The van der Waals surface area contributed by atoms with E-state index in [-0.39, 0.29) is 30.3 Å². The molecule has 6 heteroatoms. The SMILES string of the molecule is O=C(NCCNC(=O)c1ccccc1Oc1ccccc1)c1ccccc1O. The van der Waals surface area contributed by atoms with Crippen LogP contribution in [0, 0.1) is 0 Å². The van der Waals surface area contributed by atoms with E-state index in [4.69, 9.17) is 4.74 Å². The van der Waals surface area contributed by atoms with Gasteiger partial charge in [-0.1, -0.05) is 42.5 Å². The van der Waals surface area contributed by atoms with Crippen molar-refractivity contribution in [1.82, 2.24) is 10.6 Å². The van der Waals surface area contributed by atoms with Crippen LogP contribution in [0.25, 0.3) is 0 Å². The number of hydrogen-bond donors (Lipinski definition) is 3. The second-order valence-corrected chi connectivity index (χ2v) is 5.94. The van der Waals surface area contributed by atoms with E-state index in [1.54, 1.807) is 36.4 Å². The number of nitrogens with one attached hydrogen (secondary N) is 2. The minimum Gasteiger partial charge on any atom is -0.507 e. The summed E-state index contributed by atoms with van der Waals surface area (Å²) in [6.07, 6.45) is 0. The molecule has 0 atom stereocenters. The smallest absolute Gasteiger partial charge is 0.255 e. The molecule has 0 fully saturated rings. The summed E-state index contributed by atoms with van der Waals surface area (Å²) in [4.78, 5) is 24.5. The maximum absolute atomic E-state index is 12.5. The number of phenols is 1. The van der Waals surface area contributed by atoms with Crippen molar-refractivity contribution in [2.24, 2.45) is 0 Å². The minimum atomic E-state index is -0.403. The van der Waals surface area contributed by atoms with Gasteiger partial charge in [-0.25, -0.2) is 0 Å². The van der Waals surface area contributed by atoms with Crippen LogP contribution in [0.15, 0.2) is 78.9 Å². The fraction of sp³-hybridized carbons (Fsp3) is 0.0909. The number of amides is 2. The maximum Gasteiger partial charge on any atom is 0.255 e. The molecule has 0 saturated heterocycles. The molecule has 0 heterocycles. The van der Waals surface area contributed by atoms with E-state index in [2.05, 4.69) is 10.6 Å². The van der Waals surface area contributed by atoms with Crippen molar-refractivity contribution in [3.63, 3.8) is 0 Å². The highest BCUT2D eigenvalue weighted by Gasteiger charge is 2.13. The number of carbonyl (C=O) groups excluding carboxylic acids is 2. The number of benzene rings is 3. The molecule has 0 aliphatic heterocycles. The van der Waals surface area contributed by atoms with Crippen LogP contribution in [0.4, 0.5) is 0 Å². The molecule has 0 unspecified atom stereocenters. The number of carbonyl (C=O) groups is 2. The first-order chi connectivity index (χ1) is 13.6. The molecule has 2 amide bonds. The second kappa shape index (κ2) is 9.23. The lowest BCUT2D eigenvalue weighted by Gasteiger charge is -2.12. The van der Waals surface area contributed by atoms with Crippen LogP contribution in [-0.2, 0) is 0 Å². The number of hydrogen-bond acceptors (Lipinski definition) is 4. The third-order valence-electron chi connectivity index (χ3n) is 3.95. The lowest BCUT2D eigenvalue weighted by Crippen LogP contribution is -2.34. The first-order valence-corrected chi connectivity index (χ1v) is 8.81. The Labute approximate surface area is 162 Å². The molecule has 0 aliphatic rings. The van der Waals surface area contributed by atoms with E-state index in [9.17, 15) is 14.7 Å². The lowest BCUT2D eigenvalue weighted by atomic mass is 10.2. The molecule has 3 N–H and O–H groups in total. The van der Waals surface area contributed by atoms with Crippen molar-refractivity contribution in [2.75, 3.05) is 13.1 Å². The number of ether oxygens (including phenoxy) is 1. The molecule has 0 aromatic heterocycles. The van der Waals surface area contributed by atoms with Crippen LogP contribution in [0.5, 0.6) is 17.2 Å². The average molecular weight is 376 g/mol. The summed E-state index contributed by atoms with van der Waals surface area (Å²) in [5.41, 5.74) is 0.591. The summed E-state index contributed by atoms with van der Waals surface area (Å²) in [6, 6.07) is 22.4. The molecule has 0 bridgehead atoms. The standard InChI is InChI=1S/C22H20N2O4/c25-19-12-6-4-10-17(19)21(26)23-14-15-24-22(27)18-11-5-7-13-20(18)28-16-8-2-1-3-9-16/h1-13,25H,14-15H2,(H,23,26)(H,24,27). The third kappa shape index (κ3) is 4.88. The van der Waals surface area contributed by atoms with Crippen molar-refractivity contribution >= 4 is 11.8 Å². The van der Waals surface area contributed by atoms with Gasteiger partial charge in [0.25, 0.3) is 11.8 Å². The number of phenolic OH excluding ortho intramolecular Hbond substituents is 1. The van der Waals surface area contributed by atoms with Gasteiger partial charge in [-0.3, -0.25) is 9.59 Å². The molecule has 3 rings (SSSR count). The highest BCUT2D eigenvalue weighted by Crippen LogP contribution is 2.24. The van der Waals surface area contributed by atoms with Gasteiger partial charge in [0, 0.05) is 13.1 Å². The predicted octanol–water partition coefficient (Wildman–Crippen LogP) is 3.34. The van der Waals surface area contributed by atoms with Gasteiger partial charge in [0.15, 0.2) is 0 Å². The molecule has 0 spiro atoms. The summed E-state index contributed by atoms with van der Waals surface area (Å²) in [7, 11) is 0. The van der Waals surface area contributed by atoms with E-state index in [0.717, 1.165) is 0 Å². The van der Waals surface area contributed by atoms with Crippen molar-refractivity contribution < 1.29 is 19.4 Å². The number of rotatable bonds is 7.